The molecule has 0 atom stereocenters. The average Bonchev–Trinajstić information content (AvgIpc) is 2.82. The Bertz CT molecular complexity index is 572. The summed E-state index contributed by atoms with van der Waals surface area (Å²) in [5.74, 6) is -1.35. The Balaban J connectivity index is 2.32. The van der Waals surface area contributed by atoms with Crippen LogP contribution in [0, 0.1) is 11.6 Å². The van der Waals surface area contributed by atoms with Gasteiger partial charge in [-0.25, -0.2) is 13.5 Å². The van der Waals surface area contributed by atoms with Crippen molar-refractivity contribution in [1.29, 1.82) is 0 Å². The van der Waals surface area contributed by atoms with Gasteiger partial charge in [0.25, 0.3) is 0 Å². The zero-order chi connectivity index (χ0) is 13.8. The van der Waals surface area contributed by atoms with E-state index >= 15 is 0 Å². The van der Waals surface area contributed by atoms with Crippen molar-refractivity contribution >= 4 is 5.69 Å². The van der Waals surface area contributed by atoms with Gasteiger partial charge in [-0.2, -0.15) is 0 Å². The van der Waals surface area contributed by atoms with Crippen LogP contribution >= 0.6 is 0 Å². The smallest absolute Gasteiger partial charge is 0.185 e. The molecule has 2 aromatic rings. The van der Waals surface area contributed by atoms with E-state index in [1.165, 1.54) is 10.7 Å². The number of rotatable bonds is 5. The Kier molecular flexibility index (Phi) is 4.00. The fourth-order valence-electron chi connectivity index (χ4n) is 1.64. The van der Waals surface area contributed by atoms with Gasteiger partial charge in [0.2, 0.25) is 0 Å². The summed E-state index contributed by atoms with van der Waals surface area (Å²) in [6.45, 7) is 1.00. The number of hydrogen-bond donors (Lipinski definition) is 1. The molecule has 0 aliphatic heterocycles. The van der Waals surface area contributed by atoms with Crippen molar-refractivity contribution in [3.05, 3.63) is 23.8 Å². The number of tetrazole rings is 1. The van der Waals surface area contributed by atoms with Gasteiger partial charge in [0.1, 0.15) is 11.6 Å². The molecule has 0 saturated heterocycles. The Morgan fingerprint density at radius 3 is 2.84 bits per heavy atom. The summed E-state index contributed by atoms with van der Waals surface area (Å²) in [4.78, 5) is 0. The first-order valence-electron chi connectivity index (χ1n) is 5.63. The lowest BCUT2D eigenvalue weighted by molar-refractivity contribution is 0.189. The third kappa shape index (κ3) is 2.84. The Morgan fingerprint density at radius 2 is 2.11 bits per heavy atom. The lowest BCUT2D eigenvalue weighted by Crippen LogP contribution is -2.07. The first-order chi connectivity index (χ1) is 9.13. The van der Waals surface area contributed by atoms with Crippen LogP contribution < -0.4 is 5.73 Å². The summed E-state index contributed by atoms with van der Waals surface area (Å²) in [6, 6.07) is 1.90. The van der Waals surface area contributed by atoms with Crippen molar-refractivity contribution in [1.82, 2.24) is 20.2 Å². The molecule has 1 heterocycles. The lowest BCUT2D eigenvalue weighted by Gasteiger charge is -2.06. The van der Waals surface area contributed by atoms with E-state index in [4.69, 9.17) is 10.5 Å². The summed E-state index contributed by atoms with van der Waals surface area (Å²) in [5.41, 5.74) is 5.35. The van der Waals surface area contributed by atoms with Crippen LogP contribution in [0.3, 0.4) is 0 Å². The lowest BCUT2D eigenvalue weighted by atomic mass is 10.1. The van der Waals surface area contributed by atoms with E-state index in [0.717, 1.165) is 6.07 Å². The van der Waals surface area contributed by atoms with Gasteiger partial charge in [-0.1, -0.05) is 0 Å². The largest absolute Gasteiger partial charge is 0.396 e. The summed E-state index contributed by atoms with van der Waals surface area (Å²) in [6.07, 6.45) is 0.673. The zero-order valence-corrected chi connectivity index (χ0v) is 10.3. The molecule has 0 aliphatic carbocycles. The summed E-state index contributed by atoms with van der Waals surface area (Å²) < 4.78 is 33.2. The minimum absolute atomic E-state index is 0.0707. The summed E-state index contributed by atoms with van der Waals surface area (Å²) in [7, 11) is 1.58. The number of methoxy groups -OCH3 is 1. The zero-order valence-electron chi connectivity index (χ0n) is 10.3. The summed E-state index contributed by atoms with van der Waals surface area (Å²) >= 11 is 0. The molecule has 2 N–H and O–H groups in total. The first-order valence-corrected chi connectivity index (χ1v) is 5.63. The molecule has 0 radical (unpaired) electrons. The van der Waals surface area contributed by atoms with E-state index in [2.05, 4.69) is 15.5 Å². The minimum Gasteiger partial charge on any atom is -0.396 e. The molecule has 1 aromatic carbocycles. The molecule has 2 rings (SSSR count). The number of aromatic nitrogens is 4. The van der Waals surface area contributed by atoms with Crippen molar-refractivity contribution in [2.24, 2.45) is 0 Å². The van der Waals surface area contributed by atoms with Crippen LogP contribution in [0.25, 0.3) is 11.4 Å². The quantitative estimate of drug-likeness (QED) is 0.652. The van der Waals surface area contributed by atoms with Gasteiger partial charge in [-0.05, 0) is 22.9 Å². The molecule has 0 spiro atoms. The number of aryl methyl sites for hydroxylation is 1. The molecule has 0 aliphatic rings. The van der Waals surface area contributed by atoms with Crippen molar-refractivity contribution in [3.63, 3.8) is 0 Å². The van der Waals surface area contributed by atoms with E-state index < -0.39 is 11.6 Å². The fourth-order valence-corrected chi connectivity index (χ4v) is 1.64. The molecule has 102 valence electrons. The maximum Gasteiger partial charge on any atom is 0.185 e. The molecular formula is C11H13F2N5O. The molecule has 8 heteroatoms. The predicted octanol–water partition coefficient (Wildman–Crippen LogP) is 1.24. The van der Waals surface area contributed by atoms with E-state index in [-0.39, 0.29) is 17.1 Å². The maximum atomic E-state index is 13.7. The number of nitrogens with zero attached hydrogens (tertiary/aromatic N) is 4. The van der Waals surface area contributed by atoms with E-state index in [0.29, 0.717) is 19.6 Å². The number of hydrogen-bond acceptors (Lipinski definition) is 5. The van der Waals surface area contributed by atoms with Crippen LogP contribution in [0.4, 0.5) is 14.5 Å². The third-order valence-corrected chi connectivity index (χ3v) is 2.58. The van der Waals surface area contributed by atoms with Crippen LogP contribution in [-0.2, 0) is 11.3 Å². The number of anilines is 1. The fraction of sp³-hybridized carbons (Fsp3) is 0.364. The minimum atomic E-state index is -0.806. The van der Waals surface area contributed by atoms with Crippen LogP contribution in [-0.4, -0.2) is 33.9 Å². The van der Waals surface area contributed by atoms with Crippen molar-refractivity contribution < 1.29 is 13.5 Å². The highest BCUT2D eigenvalue weighted by molar-refractivity contribution is 5.62. The second-order valence-corrected chi connectivity index (χ2v) is 3.93. The normalized spacial score (nSPS) is 10.9. The molecule has 0 amide bonds. The Labute approximate surface area is 108 Å². The molecule has 1 aromatic heterocycles. The highest BCUT2D eigenvalue weighted by Gasteiger charge is 2.16. The molecule has 6 nitrogen and oxygen atoms in total. The number of nitrogen functional groups attached to an aromatic ring is 1. The van der Waals surface area contributed by atoms with Crippen LogP contribution in [0.5, 0.6) is 0 Å². The molecule has 0 unspecified atom stereocenters. The summed E-state index contributed by atoms with van der Waals surface area (Å²) in [5, 5.41) is 11.0. The van der Waals surface area contributed by atoms with E-state index in [1.807, 2.05) is 0 Å². The number of ether oxygens (including phenoxy) is 1. The van der Waals surface area contributed by atoms with E-state index in [1.54, 1.807) is 7.11 Å². The van der Waals surface area contributed by atoms with Gasteiger partial charge >= 0.3 is 0 Å². The van der Waals surface area contributed by atoms with Gasteiger partial charge in [-0.15, -0.1) is 5.10 Å². The SMILES string of the molecule is COCCCn1nnnc1-c1cc(N)c(F)cc1F. The number of nitrogens with two attached hydrogens (primary N) is 1. The van der Waals surface area contributed by atoms with Crippen LogP contribution in [0.1, 0.15) is 6.42 Å². The second-order valence-electron chi connectivity index (χ2n) is 3.93. The average molecular weight is 269 g/mol. The van der Waals surface area contributed by atoms with Gasteiger partial charge in [0, 0.05) is 26.3 Å². The van der Waals surface area contributed by atoms with Crippen LogP contribution in [0.15, 0.2) is 12.1 Å². The predicted molar refractivity (Wildman–Crippen MR) is 64.1 cm³/mol. The van der Waals surface area contributed by atoms with Gasteiger partial charge in [0.15, 0.2) is 5.82 Å². The second kappa shape index (κ2) is 5.70. The van der Waals surface area contributed by atoms with Crippen LogP contribution in [0.2, 0.25) is 0 Å². The van der Waals surface area contributed by atoms with Crippen molar-refractivity contribution in [2.45, 2.75) is 13.0 Å². The topological polar surface area (TPSA) is 78.8 Å². The molecule has 0 saturated carbocycles. The van der Waals surface area contributed by atoms with Crippen molar-refractivity contribution in [2.75, 3.05) is 19.5 Å². The molecule has 0 bridgehead atoms. The standard InChI is InChI=1S/C11H13F2N5O/c1-19-4-2-3-18-11(15-16-17-18)7-5-10(14)9(13)6-8(7)12/h5-6H,2-4,14H2,1H3. The van der Waals surface area contributed by atoms with Gasteiger partial charge in [0.05, 0.1) is 11.3 Å². The van der Waals surface area contributed by atoms with Gasteiger partial charge < -0.3 is 10.5 Å². The molecular weight excluding hydrogens is 256 g/mol. The highest BCUT2D eigenvalue weighted by Crippen LogP contribution is 2.24. The highest BCUT2D eigenvalue weighted by atomic mass is 19.1. The maximum absolute atomic E-state index is 13.7. The first kappa shape index (κ1) is 13.3. The van der Waals surface area contributed by atoms with Crippen molar-refractivity contribution in [3.8, 4) is 11.4 Å². The third-order valence-electron chi connectivity index (χ3n) is 2.58. The molecule has 19 heavy (non-hydrogen) atoms. The Morgan fingerprint density at radius 1 is 1.32 bits per heavy atom. The monoisotopic (exact) mass is 269 g/mol. The van der Waals surface area contributed by atoms with Gasteiger partial charge in [-0.3, -0.25) is 0 Å². The Hall–Kier alpha value is -2.09. The number of benzene rings is 1. The number of halogens is 2. The van der Waals surface area contributed by atoms with E-state index in [9.17, 15) is 8.78 Å². The molecule has 0 fully saturated rings.